The summed E-state index contributed by atoms with van der Waals surface area (Å²) < 4.78 is 29.5. The van der Waals surface area contributed by atoms with E-state index in [0.717, 1.165) is 4.70 Å². The fourth-order valence-electron chi connectivity index (χ4n) is 3.49. The Morgan fingerprint density at radius 1 is 1.09 bits per heavy atom. The SMILES string of the molecule is CCOC(=O)Cn1c(=NC(=O)Cc2ccc(OC)cc2OC)sc2cc3c(cc21)OCCO3. The molecule has 2 aromatic carbocycles. The molecule has 0 radical (unpaired) electrons. The Labute approximate surface area is 194 Å². The Morgan fingerprint density at radius 3 is 2.55 bits per heavy atom. The lowest BCUT2D eigenvalue weighted by atomic mass is 10.1. The number of amides is 1. The highest BCUT2D eigenvalue weighted by molar-refractivity contribution is 7.16. The fourth-order valence-corrected chi connectivity index (χ4v) is 4.54. The average molecular weight is 473 g/mol. The molecule has 0 N–H and O–H groups in total. The zero-order valence-corrected chi connectivity index (χ0v) is 19.4. The van der Waals surface area contributed by atoms with Crippen LogP contribution in [0.1, 0.15) is 12.5 Å². The van der Waals surface area contributed by atoms with Crippen LogP contribution < -0.4 is 23.7 Å². The van der Waals surface area contributed by atoms with Crippen molar-refractivity contribution < 1.29 is 33.3 Å². The first kappa shape index (κ1) is 22.7. The first-order valence-corrected chi connectivity index (χ1v) is 11.2. The van der Waals surface area contributed by atoms with Gasteiger partial charge in [0.1, 0.15) is 31.3 Å². The fraction of sp³-hybridized carbons (Fsp3) is 0.348. The third kappa shape index (κ3) is 4.95. The van der Waals surface area contributed by atoms with Crippen LogP contribution in [0.15, 0.2) is 35.3 Å². The largest absolute Gasteiger partial charge is 0.497 e. The smallest absolute Gasteiger partial charge is 0.326 e. The molecule has 0 fully saturated rings. The number of esters is 1. The van der Waals surface area contributed by atoms with Crippen LogP contribution in [0.2, 0.25) is 0 Å². The molecule has 3 aromatic rings. The predicted molar refractivity (Wildman–Crippen MR) is 121 cm³/mol. The van der Waals surface area contributed by atoms with Gasteiger partial charge in [0.2, 0.25) is 0 Å². The highest BCUT2D eigenvalue weighted by atomic mass is 32.1. The van der Waals surface area contributed by atoms with Gasteiger partial charge >= 0.3 is 5.97 Å². The maximum atomic E-state index is 12.9. The van der Waals surface area contributed by atoms with E-state index in [4.69, 9.17) is 23.7 Å². The number of hydrogen-bond donors (Lipinski definition) is 0. The summed E-state index contributed by atoms with van der Waals surface area (Å²) in [6.07, 6.45) is 0.0313. The van der Waals surface area contributed by atoms with Gasteiger partial charge in [-0.15, -0.1) is 0 Å². The number of thiazole rings is 1. The predicted octanol–water partition coefficient (Wildman–Crippen LogP) is 2.72. The van der Waals surface area contributed by atoms with Crippen molar-refractivity contribution in [3.8, 4) is 23.0 Å². The van der Waals surface area contributed by atoms with E-state index in [9.17, 15) is 9.59 Å². The molecule has 4 rings (SSSR count). The van der Waals surface area contributed by atoms with Crippen LogP contribution >= 0.6 is 11.3 Å². The molecule has 33 heavy (non-hydrogen) atoms. The van der Waals surface area contributed by atoms with E-state index in [0.29, 0.717) is 52.1 Å². The molecule has 0 saturated heterocycles. The van der Waals surface area contributed by atoms with Gasteiger partial charge in [-0.1, -0.05) is 17.4 Å². The van der Waals surface area contributed by atoms with Gasteiger partial charge < -0.3 is 28.3 Å². The van der Waals surface area contributed by atoms with Gasteiger partial charge in [0.05, 0.1) is 37.5 Å². The van der Waals surface area contributed by atoms with Crippen LogP contribution in [0.3, 0.4) is 0 Å². The molecule has 1 aromatic heterocycles. The molecule has 0 atom stereocenters. The molecular formula is C23H24N2O7S. The third-order valence-corrected chi connectivity index (χ3v) is 6.04. The number of carbonyl (C=O) groups is 2. The normalized spacial score (nSPS) is 13.1. The lowest BCUT2D eigenvalue weighted by Gasteiger charge is -2.18. The maximum absolute atomic E-state index is 12.9. The summed E-state index contributed by atoms with van der Waals surface area (Å²) in [6.45, 7) is 2.83. The van der Waals surface area contributed by atoms with Crippen molar-refractivity contribution >= 4 is 33.4 Å². The topological polar surface area (TPSA) is 97.6 Å². The number of benzene rings is 2. The van der Waals surface area contributed by atoms with Gasteiger partial charge in [0, 0.05) is 23.8 Å². The van der Waals surface area contributed by atoms with E-state index < -0.39 is 5.97 Å². The molecule has 9 nitrogen and oxygen atoms in total. The second kappa shape index (κ2) is 9.95. The number of methoxy groups -OCH3 is 2. The summed E-state index contributed by atoms with van der Waals surface area (Å²) in [5.41, 5.74) is 1.40. The van der Waals surface area contributed by atoms with Gasteiger partial charge in [-0.05, 0) is 13.0 Å². The zero-order chi connectivity index (χ0) is 23.4. The van der Waals surface area contributed by atoms with E-state index in [1.54, 1.807) is 42.9 Å². The summed E-state index contributed by atoms with van der Waals surface area (Å²) in [7, 11) is 3.09. The molecule has 1 aliphatic heterocycles. The Morgan fingerprint density at radius 2 is 1.85 bits per heavy atom. The average Bonchev–Trinajstić information content (AvgIpc) is 3.13. The molecule has 2 heterocycles. The van der Waals surface area contributed by atoms with Crippen LogP contribution in [0.5, 0.6) is 23.0 Å². The zero-order valence-electron chi connectivity index (χ0n) is 18.6. The number of ether oxygens (including phenoxy) is 5. The Bertz CT molecular complexity index is 1260. The van der Waals surface area contributed by atoms with Crippen molar-refractivity contribution in [2.75, 3.05) is 34.0 Å². The summed E-state index contributed by atoms with van der Waals surface area (Å²) >= 11 is 1.29. The van der Waals surface area contributed by atoms with E-state index >= 15 is 0 Å². The lowest BCUT2D eigenvalue weighted by Crippen LogP contribution is -2.23. The number of rotatable bonds is 7. The number of hydrogen-bond acceptors (Lipinski definition) is 8. The molecular weight excluding hydrogens is 448 g/mol. The Balaban J connectivity index is 1.73. The summed E-state index contributed by atoms with van der Waals surface area (Å²) in [4.78, 5) is 29.8. The van der Waals surface area contributed by atoms with E-state index in [1.165, 1.54) is 18.4 Å². The molecule has 0 spiro atoms. The first-order valence-electron chi connectivity index (χ1n) is 10.4. The van der Waals surface area contributed by atoms with Gasteiger partial charge in [0.25, 0.3) is 5.91 Å². The monoisotopic (exact) mass is 472 g/mol. The Kier molecular flexibility index (Phi) is 6.83. The molecule has 0 unspecified atom stereocenters. The highest BCUT2D eigenvalue weighted by Crippen LogP contribution is 2.35. The maximum Gasteiger partial charge on any atom is 0.326 e. The number of nitrogens with zero attached hydrogens (tertiary/aromatic N) is 2. The van der Waals surface area contributed by atoms with Crippen LogP contribution in [-0.2, 0) is 27.3 Å². The van der Waals surface area contributed by atoms with E-state index in [2.05, 4.69) is 4.99 Å². The molecule has 1 aliphatic rings. The van der Waals surface area contributed by atoms with E-state index in [1.807, 2.05) is 6.07 Å². The van der Waals surface area contributed by atoms with Crippen molar-refractivity contribution in [1.29, 1.82) is 0 Å². The number of aromatic nitrogens is 1. The quantitative estimate of drug-likeness (QED) is 0.488. The molecule has 0 aliphatic carbocycles. The van der Waals surface area contributed by atoms with Crippen molar-refractivity contribution in [1.82, 2.24) is 4.57 Å². The second-order valence-corrected chi connectivity index (χ2v) is 8.11. The van der Waals surface area contributed by atoms with Crippen molar-refractivity contribution in [2.45, 2.75) is 19.9 Å². The van der Waals surface area contributed by atoms with Crippen LogP contribution in [0.25, 0.3) is 10.2 Å². The Hall–Kier alpha value is -3.53. The minimum atomic E-state index is -0.419. The minimum absolute atomic E-state index is 0.0313. The number of carbonyl (C=O) groups excluding carboxylic acids is 2. The lowest BCUT2D eigenvalue weighted by molar-refractivity contribution is -0.143. The van der Waals surface area contributed by atoms with Crippen molar-refractivity contribution in [3.63, 3.8) is 0 Å². The molecule has 1 amide bonds. The molecule has 0 saturated carbocycles. The summed E-state index contributed by atoms with van der Waals surface area (Å²) in [6, 6.07) is 8.89. The summed E-state index contributed by atoms with van der Waals surface area (Å²) in [5, 5.41) is 0. The van der Waals surface area contributed by atoms with E-state index in [-0.39, 0.29) is 25.5 Å². The van der Waals surface area contributed by atoms with Crippen molar-refractivity contribution in [2.24, 2.45) is 4.99 Å². The minimum Gasteiger partial charge on any atom is -0.497 e. The second-order valence-electron chi connectivity index (χ2n) is 7.10. The van der Waals surface area contributed by atoms with Crippen molar-refractivity contribution in [3.05, 3.63) is 40.7 Å². The molecule has 174 valence electrons. The number of fused-ring (bicyclic) bond motifs is 2. The van der Waals surface area contributed by atoms with Gasteiger partial charge in [-0.25, -0.2) is 0 Å². The standard InChI is InChI=1S/C23H24N2O7S/c1-4-30-22(27)13-25-16-11-18-19(32-8-7-31-18)12-20(16)33-23(25)24-21(26)9-14-5-6-15(28-2)10-17(14)29-3/h5-6,10-12H,4,7-9,13H2,1-3H3. The van der Waals surface area contributed by atoms with Crippen LogP contribution in [0.4, 0.5) is 0 Å². The molecule has 0 bridgehead atoms. The van der Waals surface area contributed by atoms with Crippen LogP contribution in [-0.4, -0.2) is 50.5 Å². The van der Waals surface area contributed by atoms with Gasteiger partial charge in [-0.3, -0.25) is 9.59 Å². The summed E-state index contributed by atoms with van der Waals surface area (Å²) in [5.74, 6) is 1.59. The highest BCUT2D eigenvalue weighted by Gasteiger charge is 2.19. The van der Waals surface area contributed by atoms with Gasteiger partial charge in [0.15, 0.2) is 16.3 Å². The van der Waals surface area contributed by atoms with Crippen LogP contribution in [0, 0.1) is 0 Å². The third-order valence-electron chi connectivity index (χ3n) is 5.00. The van der Waals surface area contributed by atoms with Gasteiger partial charge in [-0.2, -0.15) is 4.99 Å². The molecule has 10 heteroatoms. The first-order chi connectivity index (χ1) is 16.0.